The Labute approximate surface area is 642 Å². The van der Waals surface area contributed by atoms with Crippen LogP contribution in [0.3, 0.4) is 0 Å². The zero-order chi connectivity index (χ0) is 70.0. The van der Waals surface area contributed by atoms with Crippen LogP contribution in [0.2, 0.25) is 0 Å². The van der Waals surface area contributed by atoms with E-state index in [2.05, 4.69) is 51.3 Å². The Balaban J connectivity index is -0.00000180. The van der Waals surface area contributed by atoms with Crippen LogP contribution in [-0.2, 0) is 9.59 Å². The largest absolute Gasteiger partial charge is 2.00 e. The van der Waals surface area contributed by atoms with Gasteiger partial charge in [-0.2, -0.15) is 0 Å². The molecule has 0 aromatic rings. The molecule has 0 N–H and O–H groups in total. The minimum Gasteiger partial charge on any atom is -0.550 e. The number of hydrogen-bond donors (Lipinski definition) is 0. The molecule has 0 amide bonds. The fourth-order valence-electron chi connectivity index (χ4n) is 15.0. The molecule has 7 heteroatoms. The third-order valence-electron chi connectivity index (χ3n) is 22.0. The first-order valence-corrected chi connectivity index (χ1v) is 45.1. The van der Waals surface area contributed by atoms with Crippen LogP contribution >= 0.6 is 0 Å². The predicted octanol–water partition coefficient (Wildman–Crippen LogP) is 28.2. The minimum atomic E-state index is -0.900. The number of nitrogens with zero attached hydrogens (tertiary/aromatic N) is 2. The average Bonchev–Trinajstić information content (AvgIpc) is 2.45. The molecule has 0 aliphatic heterocycles. The molecular weight excluding hydrogens is 1210 g/mol. The molecule has 0 fully saturated rings. The number of rotatable bonds is 84. The molecule has 2 atom stereocenters. The Kier molecular flexibility index (Phi) is 94.3. The van der Waals surface area contributed by atoms with Crippen molar-refractivity contribution in [2.75, 3.05) is 26.2 Å². The van der Waals surface area contributed by atoms with Crippen molar-refractivity contribution < 1.29 is 19.8 Å². The van der Waals surface area contributed by atoms with Gasteiger partial charge in [-0.25, -0.2) is 0 Å². The summed E-state index contributed by atoms with van der Waals surface area (Å²) >= 11 is 0. The van der Waals surface area contributed by atoms with Crippen molar-refractivity contribution >= 4 is 49.7 Å². The van der Waals surface area contributed by atoms with Crippen molar-refractivity contribution in [3.63, 3.8) is 0 Å². The summed E-state index contributed by atoms with van der Waals surface area (Å²) in [5, 5.41) is 22.1. The molecular formula is C90H180CaN2O4. The Bertz CT molecular complexity index is 1250. The maximum atomic E-state index is 11.1. The van der Waals surface area contributed by atoms with E-state index < -0.39 is 11.9 Å². The second-order valence-corrected chi connectivity index (χ2v) is 31.6. The van der Waals surface area contributed by atoms with Gasteiger partial charge < -0.3 is 29.6 Å². The molecule has 0 aliphatic rings. The summed E-state index contributed by atoms with van der Waals surface area (Å²) in [4.78, 5) is 27.3. The van der Waals surface area contributed by atoms with Gasteiger partial charge in [-0.15, -0.1) is 0 Å². The molecule has 0 radical (unpaired) electrons. The summed E-state index contributed by atoms with van der Waals surface area (Å²) in [6.07, 6.45) is 104. The van der Waals surface area contributed by atoms with Crippen molar-refractivity contribution in [1.29, 1.82) is 0 Å². The van der Waals surface area contributed by atoms with Crippen LogP contribution in [0.5, 0.6) is 0 Å². The summed E-state index contributed by atoms with van der Waals surface area (Å²) in [5.41, 5.74) is 0. The third-order valence-corrected chi connectivity index (χ3v) is 22.0. The van der Waals surface area contributed by atoms with E-state index in [1.54, 1.807) is 0 Å². The molecule has 0 spiro atoms. The van der Waals surface area contributed by atoms with Crippen molar-refractivity contribution in [2.24, 2.45) is 0 Å². The third kappa shape index (κ3) is 88.4. The zero-order valence-corrected chi connectivity index (χ0v) is 70.2. The average molecular weight is 1390 g/mol. The fourth-order valence-corrected chi connectivity index (χ4v) is 15.0. The van der Waals surface area contributed by atoms with Crippen LogP contribution in [0.15, 0.2) is 0 Å². The standard InChI is InChI=1S/2C45H91NO2.Ca/c2*1-4-6-8-10-12-14-16-18-20-22-24-26-28-30-32-34-36-38-42-46(44(3)40-41-45(47)48)43-39-37-35-33-31-29-27-25-23-21-19-17-15-13-11-9-7-5-2;/h2*44H,4-43H2,1-3H3,(H,47,48);/q;;+2/p-2. The van der Waals surface area contributed by atoms with Gasteiger partial charge in [0.05, 0.1) is 0 Å². The van der Waals surface area contributed by atoms with Crippen molar-refractivity contribution in [2.45, 2.75) is 542 Å². The van der Waals surface area contributed by atoms with E-state index in [0.29, 0.717) is 12.1 Å². The number of unbranched alkanes of at least 4 members (excludes halogenated alkanes) is 68. The molecule has 0 saturated carbocycles. The molecule has 0 rings (SSSR count). The van der Waals surface area contributed by atoms with Crippen molar-refractivity contribution in [3.8, 4) is 0 Å². The van der Waals surface area contributed by atoms with E-state index in [0.717, 1.165) is 39.0 Å². The van der Waals surface area contributed by atoms with E-state index >= 15 is 0 Å². The SMILES string of the molecule is CCCCCCCCCCCCCCCCCCCCN(CCCCCCCCCCCCCCCCCCCC)C(C)CCC(=O)[O-].CCCCCCCCCCCCCCCCCCCCN(CCCCCCCCCCCCCCCCCCCC)C(C)CCC(=O)[O-].[Ca+2]. The van der Waals surface area contributed by atoms with Gasteiger partial charge in [0.15, 0.2) is 0 Å². The van der Waals surface area contributed by atoms with Crippen LogP contribution in [0.4, 0.5) is 0 Å². The number of carbonyl (C=O) groups excluding carboxylic acids is 2. The molecule has 2 unspecified atom stereocenters. The van der Waals surface area contributed by atoms with E-state index in [9.17, 15) is 19.8 Å². The summed E-state index contributed by atoms with van der Waals surface area (Å²) in [5.74, 6) is -1.80. The van der Waals surface area contributed by atoms with Crippen molar-refractivity contribution in [3.05, 3.63) is 0 Å². The monoisotopic (exact) mass is 1390 g/mol. The number of carboxylic acids is 2. The molecule has 0 saturated heterocycles. The van der Waals surface area contributed by atoms with Crippen LogP contribution in [0.1, 0.15) is 530 Å². The molecule has 0 aromatic heterocycles. The smallest absolute Gasteiger partial charge is 0.550 e. The summed E-state index contributed by atoms with van der Waals surface area (Å²) in [6, 6.07) is 0.693. The molecule has 0 bridgehead atoms. The quantitative estimate of drug-likeness (QED) is 0.0445. The number of hydrogen-bond acceptors (Lipinski definition) is 6. The second-order valence-electron chi connectivity index (χ2n) is 31.6. The van der Waals surface area contributed by atoms with E-state index in [4.69, 9.17) is 0 Å². The molecule has 576 valence electrons. The minimum absolute atomic E-state index is 0. The normalized spacial score (nSPS) is 12.2. The van der Waals surface area contributed by atoms with Gasteiger partial charge in [0.25, 0.3) is 0 Å². The Hall–Kier alpha value is 0.120. The first-order valence-electron chi connectivity index (χ1n) is 45.1. The van der Waals surface area contributed by atoms with E-state index in [1.165, 1.54) is 462 Å². The van der Waals surface area contributed by atoms with Crippen LogP contribution in [0, 0.1) is 0 Å². The van der Waals surface area contributed by atoms with E-state index in [-0.39, 0.29) is 50.6 Å². The summed E-state index contributed by atoms with van der Waals surface area (Å²) in [6.45, 7) is 18.2. The maximum absolute atomic E-state index is 11.1. The summed E-state index contributed by atoms with van der Waals surface area (Å²) in [7, 11) is 0. The number of aliphatic carboxylic acids is 2. The second kappa shape index (κ2) is 90.3. The Morgan fingerprint density at radius 1 is 0.206 bits per heavy atom. The van der Waals surface area contributed by atoms with Gasteiger partial charge in [0.2, 0.25) is 0 Å². The molecule has 0 aliphatic carbocycles. The molecule has 97 heavy (non-hydrogen) atoms. The number of carboxylic acid groups (broad SMARTS) is 2. The van der Waals surface area contributed by atoms with Gasteiger partial charge in [-0.3, -0.25) is 0 Å². The Morgan fingerprint density at radius 3 is 0.412 bits per heavy atom. The maximum Gasteiger partial charge on any atom is 2.00 e. The topological polar surface area (TPSA) is 86.7 Å². The van der Waals surface area contributed by atoms with Gasteiger partial charge in [-0.1, -0.05) is 464 Å². The van der Waals surface area contributed by atoms with Crippen LogP contribution < -0.4 is 10.2 Å². The van der Waals surface area contributed by atoms with E-state index in [1.807, 2.05) is 0 Å². The van der Waals surface area contributed by atoms with Crippen LogP contribution in [0.25, 0.3) is 0 Å². The first-order chi connectivity index (χ1) is 47.2. The molecule has 6 nitrogen and oxygen atoms in total. The van der Waals surface area contributed by atoms with Gasteiger partial charge in [-0.05, 0) is 91.4 Å². The van der Waals surface area contributed by atoms with Gasteiger partial charge >= 0.3 is 37.7 Å². The molecule has 0 aromatic carbocycles. The summed E-state index contributed by atoms with van der Waals surface area (Å²) < 4.78 is 0. The number of carbonyl (C=O) groups is 2. The van der Waals surface area contributed by atoms with Crippen molar-refractivity contribution in [1.82, 2.24) is 9.80 Å². The predicted molar refractivity (Wildman–Crippen MR) is 431 cm³/mol. The molecule has 0 heterocycles. The van der Waals surface area contributed by atoms with Gasteiger partial charge in [0, 0.05) is 24.0 Å². The fraction of sp³-hybridized carbons (Fsp3) is 0.978. The Morgan fingerprint density at radius 2 is 0.309 bits per heavy atom. The van der Waals surface area contributed by atoms with Crippen LogP contribution in [-0.4, -0.2) is 97.7 Å². The zero-order valence-electron chi connectivity index (χ0n) is 68.0. The first kappa shape index (κ1) is 101. The van der Waals surface area contributed by atoms with Gasteiger partial charge in [0.1, 0.15) is 0 Å².